The summed E-state index contributed by atoms with van der Waals surface area (Å²) < 4.78 is 0. The van der Waals surface area contributed by atoms with Crippen LogP contribution in [0.25, 0.3) is 0 Å². The molecule has 0 aliphatic rings. The summed E-state index contributed by atoms with van der Waals surface area (Å²) in [4.78, 5) is 29.4. The number of halogens is 1. The van der Waals surface area contributed by atoms with Crippen LogP contribution in [-0.4, -0.2) is 21.0 Å². The average Bonchev–Trinajstić information content (AvgIpc) is 2.37. The third-order valence-corrected chi connectivity index (χ3v) is 3.55. The molecule has 1 aromatic carbocycles. The molecule has 7 heteroatoms. The third kappa shape index (κ3) is 3.59. The lowest BCUT2D eigenvalue weighted by molar-refractivity contribution is 0.0694. The first-order valence-corrected chi connectivity index (χ1v) is 6.62. The number of aromatic nitrogens is 2. The fourth-order valence-electron chi connectivity index (χ4n) is 1.34. The highest BCUT2D eigenvalue weighted by atomic mass is 35.5. The second kappa shape index (κ2) is 5.90. The van der Waals surface area contributed by atoms with Crippen molar-refractivity contribution in [3.05, 3.63) is 57.2 Å². The molecule has 0 saturated carbocycles. The van der Waals surface area contributed by atoms with Gasteiger partial charge >= 0.3 is 5.97 Å². The summed E-state index contributed by atoms with van der Waals surface area (Å²) in [5.74, 6) is -0.419. The van der Waals surface area contributed by atoms with Crippen LogP contribution in [-0.2, 0) is 5.75 Å². The molecule has 19 heavy (non-hydrogen) atoms. The van der Waals surface area contributed by atoms with Gasteiger partial charge in [0.25, 0.3) is 5.56 Å². The summed E-state index contributed by atoms with van der Waals surface area (Å²) in [7, 11) is 0. The fraction of sp³-hybridized carbons (Fsp3) is 0.0833. The Morgan fingerprint density at radius 3 is 2.63 bits per heavy atom. The van der Waals surface area contributed by atoms with Gasteiger partial charge < -0.3 is 10.1 Å². The Bertz CT molecular complexity index is 655. The molecule has 2 rings (SSSR count). The molecule has 0 unspecified atom stereocenters. The lowest BCUT2D eigenvalue weighted by Gasteiger charge is -2.02. The van der Waals surface area contributed by atoms with Gasteiger partial charge in [0.2, 0.25) is 0 Å². The van der Waals surface area contributed by atoms with Gasteiger partial charge in [0.05, 0.1) is 5.75 Å². The van der Waals surface area contributed by atoms with E-state index in [1.54, 1.807) is 12.1 Å². The van der Waals surface area contributed by atoms with Crippen LogP contribution in [0.1, 0.15) is 16.2 Å². The Morgan fingerprint density at radius 2 is 2.05 bits per heavy atom. The number of nitrogens with one attached hydrogen (secondary N) is 1. The first-order chi connectivity index (χ1) is 9.06. The third-order valence-electron chi connectivity index (χ3n) is 2.27. The molecule has 98 valence electrons. The topological polar surface area (TPSA) is 83.0 Å². The average molecular weight is 297 g/mol. The molecule has 0 amide bonds. The fourth-order valence-corrected chi connectivity index (χ4v) is 2.24. The Balaban J connectivity index is 2.08. The quantitative estimate of drug-likeness (QED) is 0.847. The zero-order valence-electron chi connectivity index (χ0n) is 9.59. The zero-order valence-corrected chi connectivity index (χ0v) is 11.2. The maximum Gasteiger partial charge on any atom is 0.342 e. The minimum absolute atomic E-state index is 0.361. The van der Waals surface area contributed by atoms with Gasteiger partial charge in [0.1, 0.15) is 11.4 Å². The van der Waals surface area contributed by atoms with E-state index in [4.69, 9.17) is 16.7 Å². The molecule has 0 fully saturated rings. The van der Waals surface area contributed by atoms with Gasteiger partial charge in [0, 0.05) is 16.1 Å². The summed E-state index contributed by atoms with van der Waals surface area (Å²) in [6.07, 6.45) is 1.07. The van der Waals surface area contributed by atoms with E-state index in [0.717, 1.165) is 11.1 Å². The molecule has 0 atom stereocenters. The van der Waals surface area contributed by atoms with E-state index in [-0.39, 0.29) is 5.56 Å². The zero-order chi connectivity index (χ0) is 13.8. The number of nitrogens with zero attached hydrogens (tertiary/aromatic N) is 1. The number of carboxylic acid groups (broad SMARTS) is 1. The summed E-state index contributed by atoms with van der Waals surface area (Å²) >= 11 is 7.24. The largest absolute Gasteiger partial charge is 0.477 e. The van der Waals surface area contributed by atoms with Crippen LogP contribution >= 0.6 is 23.4 Å². The van der Waals surface area contributed by atoms with Crippen molar-refractivity contribution >= 4 is 29.3 Å². The minimum atomic E-state index is -1.29. The minimum Gasteiger partial charge on any atom is -0.477 e. The number of H-pyrrole nitrogens is 1. The van der Waals surface area contributed by atoms with Crippen LogP contribution in [0.4, 0.5) is 0 Å². The number of thioether (sulfide) groups is 1. The second-order valence-corrected chi connectivity index (χ2v) is 5.11. The van der Waals surface area contributed by atoms with E-state index in [0.29, 0.717) is 16.6 Å². The van der Waals surface area contributed by atoms with Gasteiger partial charge in [-0.25, -0.2) is 9.78 Å². The Kier molecular flexibility index (Phi) is 4.24. The van der Waals surface area contributed by atoms with Crippen LogP contribution in [0, 0.1) is 0 Å². The molecular weight excluding hydrogens is 288 g/mol. The molecule has 0 aliphatic carbocycles. The normalized spacial score (nSPS) is 10.4. The van der Waals surface area contributed by atoms with Crippen molar-refractivity contribution in [3.8, 4) is 0 Å². The number of aromatic carboxylic acids is 1. The maximum atomic E-state index is 11.4. The first-order valence-electron chi connectivity index (χ1n) is 5.26. The van der Waals surface area contributed by atoms with Crippen molar-refractivity contribution in [3.63, 3.8) is 0 Å². The van der Waals surface area contributed by atoms with E-state index in [2.05, 4.69) is 9.97 Å². The Hall–Kier alpha value is -1.79. The van der Waals surface area contributed by atoms with Gasteiger partial charge in [-0.15, -0.1) is 11.8 Å². The van der Waals surface area contributed by atoms with E-state index in [9.17, 15) is 9.59 Å². The van der Waals surface area contributed by atoms with Crippen LogP contribution in [0.5, 0.6) is 0 Å². The van der Waals surface area contributed by atoms with Crippen LogP contribution < -0.4 is 5.56 Å². The number of hydrogen-bond donors (Lipinski definition) is 2. The van der Waals surface area contributed by atoms with E-state index >= 15 is 0 Å². The molecule has 1 aromatic heterocycles. The molecule has 5 nitrogen and oxygen atoms in total. The monoisotopic (exact) mass is 296 g/mol. The molecule has 0 spiro atoms. The van der Waals surface area contributed by atoms with Crippen LogP contribution in [0.3, 0.4) is 0 Å². The number of rotatable bonds is 4. The van der Waals surface area contributed by atoms with Gasteiger partial charge in [-0.05, 0) is 24.3 Å². The van der Waals surface area contributed by atoms with Crippen molar-refractivity contribution in [2.24, 2.45) is 0 Å². The lowest BCUT2D eigenvalue weighted by atomic mass is 10.3. The molecule has 0 saturated heterocycles. The molecule has 2 aromatic rings. The molecule has 0 radical (unpaired) electrons. The van der Waals surface area contributed by atoms with E-state index in [1.165, 1.54) is 11.8 Å². The molecule has 0 aliphatic heterocycles. The highest BCUT2D eigenvalue weighted by molar-refractivity contribution is 7.98. The summed E-state index contributed by atoms with van der Waals surface area (Å²) in [5.41, 5.74) is -1.01. The maximum absolute atomic E-state index is 11.4. The predicted octanol–water partition coefficient (Wildman–Crippen LogP) is 2.41. The molecule has 0 bridgehead atoms. The highest BCUT2D eigenvalue weighted by Gasteiger charge is 2.09. The summed E-state index contributed by atoms with van der Waals surface area (Å²) in [6.45, 7) is 0. The highest BCUT2D eigenvalue weighted by Crippen LogP contribution is 2.22. The van der Waals surface area contributed by atoms with Gasteiger partial charge in [-0.3, -0.25) is 4.79 Å². The van der Waals surface area contributed by atoms with E-state index < -0.39 is 11.5 Å². The van der Waals surface area contributed by atoms with Crippen molar-refractivity contribution in [1.82, 2.24) is 9.97 Å². The smallest absolute Gasteiger partial charge is 0.342 e. The first kappa shape index (κ1) is 13.6. The summed E-state index contributed by atoms with van der Waals surface area (Å²) in [5, 5.41) is 9.37. The van der Waals surface area contributed by atoms with E-state index in [1.807, 2.05) is 12.1 Å². The number of hydrogen-bond acceptors (Lipinski definition) is 4. The standard InChI is InChI=1S/C12H9ClN2O3S/c13-7-1-3-8(4-2-7)19-6-10-14-5-9(12(17)18)11(16)15-10/h1-5H,6H2,(H,17,18)(H,14,15,16). The second-order valence-electron chi connectivity index (χ2n) is 3.62. The number of aromatic amines is 1. The van der Waals surface area contributed by atoms with Crippen molar-refractivity contribution in [2.75, 3.05) is 0 Å². The van der Waals surface area contributed by atoms with Crippen molar-refractivity contribution in [2.45, 2.75) is 10.6 Å². The van der Waals surface area contributed by atoms with Gasteiger partial charge in [-0.2, -0.15) is 0 Å². The number of benzene rings is 1. The Morgan fingerprint density at radius 1 is 1.37 bits per heavy atom. The van der Waals surface area contributed by atoms with Crippen LogP contribution in [0.15, 0.2) is 40.2 Å². The van der Waals surface area contributed by atoms with Crippen LogP contribution in [0.2, 0.25) is 5.02 Å². The SMILES string of the molecule is O=C(O)c1cnc(CSc2ccc(Cl)cc2)[nH]c1=O. The molecule has 2 N–H and O–H groups in total. The van der Waals surface area contributed by atoms with Crippen molar-refractivity contribution < 1.29 is 9.90 Å². The molecular formula is C12H9ClN2O3S. The number of carboxylic acids is 1. The molecule has 1 heterocycles. The Labute approximate surface area is 117 Å². The van der Waals surface area contributed by atoms with Gasteiger partial charge in [0.15, 0.2) is 0 Å². The number of carbonyl (C=O) groups is 1. The summed E-state index contributed by atoms with van der Waals surface area (Å²) in [6, 6.07) is 7.26. The lowest BCUT2D eigenvalue weighted by Crippen LogP contribution is -2.19. The van der Waals surface area contributed by atoms with Crippen molar-refractivity contribution in [1.29, 1.82) is 0 Å². The predicted molar refractivity (Wildman–Crippen MR) is 72.8 cm³/mol. The van der Waals surface area contributed by atoms with Gasteiger partial charge in [-0.1, -0.05) is 11.6 Å².